The van der Waals surface area contributed by atoms with Crippen molar-refractivity contribution in [2.45, 2.75) is 6.10 Å². The van der Waals surface area contributed by atoms with Crippen LogP contribution in [0.15, 0.2) is 18.2 Å². The number of carbonyl (C=O) groups is 1. The van der Waals surface area contributed by atoms with Crippen molar-refractivity contribution >= 4 is 17.5 Å². The highest BCUT2D eigenvalue weighted by Gasteiger charge is 2.24. The number of nitrogens with zero attached hydrogens (tertiary/aromatic N) is 1. The van der Waals surface area contributed by atoms with E-state index < -0.39 is 0 Å². The fourth-order valence-electron chi connectivity index (χ4n) is 1.90. The Bertz CT molecular complexity index is 431. The second kappa shape index (κ2) is 5.46. The number of benzene rings is 1. The molecule has 0 aromatic heterocycles. The van der Waals surface area contributed by atoms with Crippen molar-refractivity contribution in [2.75, 3.05) is 25.6 Å². The highest BCUT2D eigenvalue weighted by Crippen LogP contribution is 2.22. The first-order chi connectivity index (χ1) is 8.60. The minimum absolute atomic E-state index is 0.138. The van der Waals surface area contributed by atoms with E-state index in [1.54, 1.807) is 4.90 Å². The zero-order chi connectivity index (χ0) is 13.1. The summed E-state index contributed by atoms with van der Waals surface area (Å²) < 4.78 is 5.37. The monoisotopic (exact) mass is 271 g/mol. The van der Waals surface area contributed by atoms with Crippen molar-refractivity contribution in [3.8, 4) is 11.5 Å². The normalized spacial score (nSPS) is 19.8. The largest absolute Gasteiger partial charge is 0.508 e. The van der Waals surface area contributed by atoms with Crippen molar-refractivity contribution in [3.63, 3.8) is 0 Å². The Morgan fingerprint density at radius 1 is 1.39 bits per heavy atom. The summed E-state index contributed by atoms with van der Waals surface area (Å²) in [6.45, 7) is 1.33. The van der Waals surface area contributed by atoms with Crippen LogP contribution in [-0.4, -0.2) is 52.7 Å². The number of phenols is 2. The van der Waals surface area contributed by atoms with E-state index in [4.69, 9.17) is 16.3 Å². The fourth-order valence-corrected chi connectivity index (χ4v) is 2.09. The molecule has 1 amide bonds. The summed E-state index contributed by atoms with van der Waals surface area (Å²) in [7, 11) is 0. The predicted molar refractivity (Wildman–Crippen MR) is 66.1 cm³/mol. The highest BCUT2D eigenvalue weighted by molar-refractivity contribution is 6.18. The number of amides is 1. The van der Waals surface area contributed by atoms with E-state index in [1.807, 2.05) is 0 Å². The lowest BCUT2D eigenvalue weighted by atomic mass is 10.1. The van der Waals surface area contributed by atoms with Gasteiger partial charge in [-0.25, -0.2) is 0 Å². The Kier molecular flexibility index (Phi) is 3.93. The number of carbonyl (C=O) groups excluding carboxylic acids is 1. The number of halogens is 1. The Morgan fingerprint density at radius 2 is 2.06 bits per heavy atom. The molecule has 0 spiro atoms. The molecule has 1 fully saturated rings. The second-order valence-corrected chi connectivity index (χ2v) is 4.44. The summed E-state index contributed by atoms with van der Waals surface area (Å²) in [6, 6.07) is 3.83. The van der Waals surface area contributed by atoms with Gasteiger partial charge in [0.1, 0.15) is 11.5 Å². The molecule has 18 heavy (non-hydrogen) atoms. The van der Waals surface area contributed by atoms with Gasteiger partial charge in [0.05, 0.1) is 18.6 Å². The maximum absolute atomic E-state index is 12.2. The zero-order valence-corrected chi connectivity index (χ0v) is 10.4. The fraction of sp³-hybridized carbons (Fsp3) is 0.417. The summed E-state index contributed by atoms with van der Waals surface area (Å²) >= 11 is 5.70. The van der Waals surface area contributed by atoms with E-state index in [9.17, 15) is 15.0 Å². The van der Waals surface area contributed by atoms with Gasteiger partial charge < -0.3 is 19.8 Å². The molecule has 2 N–H and O–H groups in total. The molecule has 1 aromatic rings. The van der Waals surface area contributed by atoms with E-state index in [1.165, 1.54) is 18.2 Å². The summed E-state index contributed by atoms with van der Waals surface area (Å²) in [4.78, 5) is 13.8. The number of morpholine rings is 1. The standard InChI is InChI=1S/C12H14ClNO4/c13-6-11-7-14(1-2-18-11)12(17)8-3-9(15)5-10(16)4-8/h3-5,11,15-16H,1-2,6-7H2. The third-order valence-corrected chi connectivity index (χ3v) is 3.09. The predicted octanol–water partition coefficient (Wildman–Crippen LogP) is 1.18. The number of aromatic hydroxyl groups is 2. The minimum atomic E-state index is -0.250. The van der Waals surface area contributed by atoms with Crippen LogP contribution < -0.4 is 0 Å². The molecule has 1 atom stereocenters. The van der Waals surface area contributed by atoms with Gasteiger partial charge in [-0.2, -0.15) is 0 Å². The van der Waals surface area contributed by atoms with Gasteiger partial charge in [0.25, 0.3) is 5.91 Å². The molecule has 0 aliphatic carbocycles. The Hall–Kier alpha value is -1.46. The molecule has 1 aliphatic heterocycles. The molecule has 0 saturated carbocycles. The van der Waals surface area contributed by atoms with E-state index in [-0.39, 0.29) is 29.1 Å². The molecular weight excluding hydrogens is 258 g/mol. The first-order valence-electron chi connectivity index (χ1n) is 5.60. The molecule has 1 heterocycles. The first kappa shape index (κ1) is 13.0. The van der Waals surface area contributed by atoms with Crippen molar-refractivity contribution in [1.29, 1.82) is 0 Å². The van der Waals surface area contributed by atoms with Gasteiger partial charge in [-0.05, 0) is 12.1 Å². The molecule has 2 rings (SSSR count). The van der Waals surface area contributed by atoms with E-state index in [0.29, 0.717) is 25.6 Å². The zero-order valence-electron chi connectivity index (χ0n) is 9.67. The molecular formula is C12H14ClNO4. The Labute approximate surface area is 110 Å². The third-order valence-electron chi connectivity index (χ3n) is 2.75. The average Bonchev–Trinajstić information content (AvgIpc) is 2.37. The Morgan fingerprint density at radius 3 is 2.67 bits per heavy atom. The molecule has 0 bridgehead atoms. The van der Waals surface area contributed by atoms with Gasteiger partial charge in [0, 0.05) is 24.7 Å². The maximum Gasteiger partial charge on any atom is 0.254 e. The number of hydrogen-bond donors (Lipinski definition) is 2. The lowest BCUT2D eigenvalue weighted by molar-refractivity contribution is -0.0108. The molecule has 98 valence electrons. The molecule has 5 nitrogen and oxygen atoms in total. The summed E-state index contributed by atoms with van der Waals surface area (Å²) in [6.07, 6.45) is -0.171. The first-order valence-corrected chi connectivity index (χ1v) is 6.13. The van der Waals surface area contributed by atoms with E-state index in [2.05, 4.69) is 0 Å². The molecule has 0 radical (unpaired) electrons. The van der Waals surface area contributed by atoms with E-state index >= 15 is 0 Å². The number of phenolic OH excluding ortho intramolecular Hbond substituents is 2. The van der Waals surface area contributed by atoms with Crippen molar-refractivity contribution < 1.29 is 19.7 Å². The summed E-state index contributed by atoms with van der Waals surface area (Å²) in [5, 5.41) is 18.7. The minimum Gasteiger partial charge on any atom is -0.508 e. The van der Waals surface area contributed by atoms with E-state index in [0.717, 1.165) is 0 Å². The molecule has 1 aliphatic rings. The van der Waals surface area contributed by atoms with Crippen LogP contribution in [0.5, 0.6) is 11.5 Å². The number of ether oxygens (including phenoxy) is 1. The molecule has 1 unspecified atom stereocenters. The lowest BCUT2D eigenvalue weighted by Gasteiger charge is -2.32. The summed E-state index contributed by atoms with van der Waals surface area (Å²) in [5.41, 5.74) is 0.253. The van der Waals surface area contributed by atoms with Gasteiger partial charge in [-0.1, -0.05) is 0 Å². The number of alkyl halides is 1. The van der Waals surface area contributed by atoms with Crippen molar-refractivity contribution in [3.05, 3.63) is 23.8 Å². The maximum atomic E-state index is 12.2. The number of rotatable bonds is 2. The van der Waals surface area contributed by atoms with Crippen LogP contribution in [-0.2, 0) is 4.74 Å². The molecule has 1 aromatic carbocycles. The van der Waals surface area contributed by atoms with Crippen LogP contribution in [0.1, 0.15) is 10.4 Å². The Balaban J connectivity index is 2.15. The van der Waals surface area contributed by atoms with Gasteiger partial charge in [0.15, 0.2) is 0 Å². The molecule has 1 saturated heterocycles. The van der Waals surface area contributed by atoms with Crippen LogP contribution in [0.2, 0.25) is 0 Å². The van der Waals surface area contributed by atoms with Crippen LogP contribution in [0.3, 0.4) is 0 Å². The van der Waals surface area contributed by atoms with Gasteiger partial charge >= 0.3 is 0 Å². The third kappa shape index (κ3) is 2.86. The second-order valence-electron chi connectivity index (χ2n) is 4.14. The van der Waals surface area contributed by atoms with Gasteiger partial charge in [0.2, 0.25) is 0 Å². The van der Waals surface area contributed by atoms with Crippen LogP contribution >= 0.6 is 11.6 Å². The molecule has 6 heteroatoms. The van der Waals surface area contributed by atoms with Crippen LogP contribution in [0.25, 0.3) is 0 Å². The SMILES string of the molecule is O=C(c1cc(O)cc(O)c1)N1CCOC(CCl)C1. The lowest BCUT2D eigenvalue weighted by Crippen LogP contribution is -2.46. The van der Waals surface area contributed by atoms with Crippen molar-refractivity contribution in [1.82, 2.24) is 4.90 Å². The average molecular weight is 272 g/mol. The highest BCUT2D eigenvalue weighted by atomic mass is 35.5. The quantitative estimate of drug-likeness (QED) is 0.793. The topological polar surface area (TPSA) is 70.0 Å². The van der Waals surface area contributed by atoms with Crippen LogP contribution in [0.4, 0.5) is 0 Å². The van der Waals surface area contributed by atoms with Gasteiger partial charge in [-0.15, -0.1) is 11.6 Å². The van der Waals surface area contributed by atoms with Crippen molar-refractivity contribution in [2.24, 2.45) is 0 Å². The van der Waals surface area contributed by atoms with Crippen LogP contribution in [0, 0.1) is 0 Å². The van der Waals surface area contributed by atoms with Gasteiger partial charge in [-0.3, -0.25) is 4.79 Å². The summed E-state index contributed by atoms with van der Waals surface area (Å²) in [5.74, 6) is -0.199. The number of hydrogen-bond acceptors (Lipinski definition) is 4. The smallest absolute Gasteiger partial charge is 0.254 e.